The lowest BCUT2D eigenvalue weighted by atomic mass is 10.1. The van der Waals surface area contributed by atoms with Gasteiger partial charge >= 0.3 is 5.97 Å². The topological polar surface area (TPSA) is 49.3 Å². The Kier molecular flexibility index (Phi) is 5.33. The minimum Gasteiger partial charge on any atom is -0.479 e. The fraction of sp³-hybridized carbons (Fsp3) is 0.0714. The Balaban J connectivity index is 0.00000180. The van der Waals surface area contributed by atoms with Crippen LogP contribution in [0.3, 0.4) is 0 Å². The van der Waals surface area contributed by atoms with E-state index >= 15 is 0 Å². The number of halogens is 2. The number of aliphatic carboxylic acids is 1. The Morgan fingerprint density at radius 3 is 2.21 bits per heavy atom. The van der Waals surface area contributed by atoms with Crippen LogP contribution in [0.4, 0.5) is 10.1 Å². The average Bonchev–Trinajstić information content (AvgIpc) is 2.38. The van der Waals surface area contributed by atoms with E-state index in [1.54, 1.807) is 42.5 Å². The molecule has 100 valence electrons. The van der Waals surface area contributed by atoms with Crippen molar-refractivity contribution in [1.29, 1.82) is 0 Å². The number of carboxylic acids is 1. The Labute approximate surface area is 116 Å². The highest BCUT2D eigenvalue weighted by Gasteiger charge is 2.20. The van der Waals surface area contributed by atoms with Crippen molar-refractivity contribution in [3.63, 3.8) is 0 Å². The van der Waals surface area contributed by atoms with Crippen molar-refractivity contribution in [3.8, 4) is 0 Å². The van der Waals surface area contributed by atoms with E-state index in [1.165, 1.54) is 12.1 Å². The molecule has 2 aromatic carbocycles. The Bertz CT molecular complexity index is 548. The summed E-state index contributed by atoms with van der Waals surface area (Å²) >= 11 is 0. The predicted molar refractivity (Wildman–Crippen MR) is 74.1 cm³/mol. The number of para-hydroxylation sites is 1. The quantitative estimate of drug-likeness (QED) is 0.902. The summed E-state index contributed by atoms with van der Waals surface area (Å²) in [7, 11) is 0. The van der Waals surface area contributed by atoms with Gasteiger partial charge in [-0.3, -0.25) is 0 Å². The summed E-state index contributed by atoms with van der Waals surface area (Å²) in [5.41, 5.74) is 0.752. The second-order valence-electron chi connectivity index (χ2n) is 3.81. The molecule has 0 amide bonds. The van der Waals surface area contributed by atoms with Crippen molar-refractivity contribution in [3.05, 3.63) is 66.0 Å². The highest BCUT2D eigenvalue weighted by atomic mass is 35.5. The molecule has 0 fully saturated rings. The van der Waals surface area contributed by atoms with Gasteiger partial charge < -0.3 is 10.4 Å². The number of anilines is 1. The van der Waals surface area contributed by atoms with E-state index in [0.717, 1.165) is 0 Å². The van der Waals surface area contributed by atoms with Crippen molar-refractivity contribution in [1.82, 2.24) is 0 Å². The normalized spacial score (nSPS) is 11.2. The molecular weight excluding hydrogens is 269 g/mol. The second kappa shape index (κ2) is 6.75. The summed E-state index contributed by atoms with van der Waals surface area (Å²) in [6.07, 6.45) is 0. The molecule has 0 spiro atoms. The van der Waals surface area contributed by atoms with Crippen LogP contribution in [0.2, 0.25) is 0 Å². The van der Waals surface area contributed by atoms with E-state index < -0.39 is 17.8 Å². The van der Waals surface area contributed by atoms with Gasteiger partial charge in [0.25, 0.3) is 0 Å². The molecular formula is C14H13ClFNO2. The number of carboxylic acid groups (broad SMARTS) is 1. The first kappa shape index (κ1) is 15.0. The maximum Gasteiger partial charge on any atom is 0.330 e. The van der Waals surface area contributed by atoms with E-state index in [-0.39, 0.29) is 18.1 Å². The van der Waals surface area contributed by atoms with E-state index in [0.29, 0.717) is 5.56 Å². The van der Waals surface area contributed by atoms with Gasteiger partial charge in [0.1, 0.15) is 5.82 Å². The first-order chi connectivity index (χ1) is 8.68. The highest BCUT2D eigenvalue weighted by Crippen LogP contribution is 2.21. The molecule has 0 bridgehead atoms. The number of nitrogens with one attached hydrogen (secondary N) is 1. The van der Waals surface area contributed by atoms with Gasteiger partial charge in [0.15, 0.2) is 6.04 Å². The molecule has 2 aromatic rings. The first-order valence-corrected chi connectivity index (χ1v) is 5.47. The molecule has 19 heavy (non-hydrogen) atoms. The molecule has 0 aliphatic heterocycles. The number of hydrogen-bond acceptors (Lipinski definition) is 2. The van der Waals surface area contributed by atoms with E-state index in [9.17, 15) is 14.3 Å². The van der Waals surface area contributed by atoms with Crippen LogP contribution in [0.5, 0.6) is 0 Å². The third kappa shape index (κ3) is 3.69. The van der Waals surface area contributed by atoms with Crippen molar-refractivity contribution < 1.29 is 14.3 Å². The van der Waals surface area contributed by atoms with Gasteiger partial charge in [-0.15, -0.1) is 12.4 Å². The zero-order valence-corrected chi connectivity index (χ0v) is 10.7. The van der Waals surface area contributed by atoms with Crippen LogP contribution in [-0.4, -0.2) is 11.1 Å². The SMILES string of the molecule is Cl.O=C(O)C(Nc1ccccc1F)c1ccccc1. The molecule has 1 atom stereocenters. The molecule has 0 aromatic heterocycles. The van der Waals surface area contributed by atoms with Crippen LogP contribution >= 0.6 is 12.4 Å². The van der Waals surface area contributed by atoms with Gasteiger partial charge in [0.05, 0.1) is 5.69 Å². The summed E-state index contributed by atoms with van der Waals surface area (Å²) < 4.78 is 13.5. The van der Waals surface area contributed by atoms with Gasteiger partial charge in [-0.1, -0.05) is 42.5 Å². The molecule has 0 heterocycles. The number of carbonyl (C=O) groups is 1. The van der Waals surface area contributed by atoms with Crippen LogP contribution in [0.25, 0.3) is 0 Å². The molecule has 1 unspecified atom stereocenters. The summed E-state index contributed by atoms with van der Waals surface area (Å²) in [5.74, 6) is -1.52. The fourth-order valence-corrected chi connectivity index (χ4v) is 1.67. The Morgan fingerprint density at radius 2 is 1.63 bits per heavy atom. The summed E-state index contributed by atoms with van der Waals surface area (Å²) in [4.78, 5) is 11.2. The van der Waals surface area contributed by atoms with Crippen molar-refractivity contribution in [2.45, 2.75) is 6.04 Å². The average molecular weight is 282 g/mol. The third-order valence-electron chi connectivity index (χ3n) is 2.55. The van der Waals surface area contributed by atoms with Crippen LogP contribution in [0.1, 0.15) is 11.6 Å². The molecule has 3 nitrogen and oxygen atoms in total. The number of hydrogen-bond donors (Lipinski definition) is 2. The molecule has 2 N–H and O–H groups in total. The molecule has 0 saturated carbocycles. The number of rotatable bonds is 4. The second-order valence-corrected chi connectivity index (χ2v) is 3.81. The van der Waals surface area contributed by atoms with Crippen molar-refractivity contribution in [2.75, 3.05) is 5.32 Å². The lowest BCUT2D eigenvalue weighted by Gasteiger charge is -2.16. The molecule has 5 heteroatoms. The summed E-state index contributed by atoms with van der Waals surface area (Å²) in [5, 5.41) is 11.9. The van der Waals surface area contributed by atoms with E-state index in [1.807, 2.05) is 0 Å². The molecule has 2 rings (SSSR count). The maximum absolute atomic E-state index is 13.5. The molecule has 0 aliphatic carbocycles. The lowest BCUT2D eigenvalue weighted by molar-refractivity contribution is -0.138. The first-order valence-electron chi connectivity index (χ1n) is 5.47. The highest BCUT2D eigenvalue weighted by molar-refractivity contribution is 5.85. The smallest absolute Gasteiger partial charge is 0.330 e. The lowest BCUT2D eigenvalue weighted by Crippen LogP contribution is -2.20. The maximum atomic E-state index is 13.5. The molecule has 0 aliphatic rings. The van der Waals surface area contributed by atoms with Crippen LogP contribution in [0.15, 0.2) is 54.6 Å². The fourth-order valence-electron chi connectivity index (χ4n) is 1.67. The third-order valence-corrected chi connectivity index (χ3v) is 2.55. The molecule has 0 saturated heterocycles. The van der Waals surface area contributed by atoms with Gasteiger partial charge in [-0.2, -0.15) is 0 Å². The van der Waals surface area contributed by atoms with Gasteiger partial charge in [0, 0.05) is 0 Å². The zero-order valence-electron chi connectivity index (χ0n) is 9.92. The van der Waals surface area contributed by atoms with Crippen LogP contribution < -0.4 is 5.32 Å². The van der Waals surface area contributed by atoms with Gasteiger partial charge in [0.2, 0.25) is 0 Å². The largest absolute Gasteiger partial charge is 0.479 e. The monoisotopic (exact) mass is 281 g/mol. The molecule has 0 radical (unpaired) electrons. The Hall–Kier alpha value is -2.07. The van der Waals surface area contributed by atoms with Gasteiger partial charge in [-0.05, 0) is 17.7 Å². The van der Waals surface area contributed by atoms with E-state index in [4.69, 9.17) is 0 Å². The predicted octanol–water partition coefficient (Wildman–Crippen LogP) is 3.49. The van der Waals surface area contributed by atoms with Crippen molar-refractivity contribution in [2.24, 2.45) is 0 Å². The minimum absolute atomic E-state index is 0. The Morgan fingerprint density at radius 1 is 1.05 bits per heavy atom. The minimum atomic E-state index is -1.05. The van der Waals surface area contributed by atoms with Crippen LogP contribution in [0, 0.1) is 5.82 Å². The van der Waals surface area contributed by atoms with Crippen LogP contribution in [-0.2, 0) is 4.79 Å². The standard InChI is InChI=1S/C14H12FNO2.ClH/c15-11-8-4-5-9-12(11)16-13(14(17)18)10-6-2-1-3-7-10;/h1-9,13,16H,(H,17,18);1H. The summed E-state index contributed by atoms with van der Waals surface area (Å²) in [6.45, 7) is 0. The van der Waals surface area contributed by atoms with Crippen molar-refractivity contribution >= 4 is 24.1 Å². The van der Waals surface area contributed by atoms with E-state index in [2.05, 4.69) is 5.32 Å². The van der Waals surface area contributed by atoms with Gasteiger partial charge in [-0.25, -0.2) is 9.18 Å². The number of benzene rings is 2. The summed E-state index contributed by atoms with van der Waals surface area (Å²) in [6, 6.07) is 13.7. The zero-order chi connectivity index (χ0) is 13.0.